The van der Waals surface area contributed by atoms with Gasteiger partial charge in [-0.2, -0.15) is 0 Å². The van der Waals surface area contributed by atoms with Crippen molar-refractivity contribution in [1.82, 2.24) is 4.98 Å². The number of carbonyl (C=O) groups excluding carboxylic acids is 2. The number of ether oxygens (including phenoxy) is 3. The Kier molecular flexibility index (Phi) is 5.55. The number of rotatable bonds is 7. The molecule has 7 nitrogen and oxygen atoms in total. The minimum atomic E-state index is -1.28. The van der Waals surface area contributed by atoms with Crippen LogP contribution in [0.15, 0.2) is 35.7 Å². The van der Waals surface area contributed by atoms with Crippen molar-refractivity contribution in [3.63, 3.8) is 0 Å². The van der Waals surface area contributed by atoms with Crippen LogP contribution in [-0.4, -0.2) is 36.2 Å². The molecule has 1 aromatic carbocycles. The number of nitrogens with zero attached hydrogens (tertiary/aromatic N) is 1. The van der Waals surface area contributed by atoms with E-state index in [1.807, 2.05) is 35.7 Å². The zero-order chi connectivity index (χ0) is 21.4. The van der Waals surface area contributed by atoms with E-state index in [1.54, 1.807) is 6.92 Å². The van der Waals surface area contributed by atoms with Crippen LogP contribution in [0, 0.1) is 11.3 Å². The average molecular weight is 431 g/mol. The van der Waals surface area contributed by atoms with Crippen molar-refractivity contribution in [3.05, 3.63) is 41.4 Å². The van der Waals surface area contributed by atoms with E-state index in [9.17, 15) is 9.59 Å². The Morgan fingerprint density at radius 3 is 2.77 bits per heavy atom. The molecule has 0 amide bonds. The Balaban J connectivity index is 1.46. The summed E-state index contributed by atoms with van der Waals surface area (Å²) in [6, 6.07) is 9.72. The fraction of sp³-hybridized carbons (Fsp3) is 0.500. The number of cyclic esters (lactones) is 2. The van der Waals surface area contributed by atoms with Gasteiger partial charge >= 0.3 is 11.9 Å². The van der Waals surface area contributed by atoms with Crippen molar-refractivity contribution in [1.29, 1.82) is 0 Å². The summed E-state index contributed by atoms with van der Waals surface area (Å²) in [4.78, 5) is 30.1. The summed E-state index contributed by atoms with van der Waals surface area (Å²) in [6.07, 6.45) is 0.0571. The first-order valence-corrected chi connectivity index (χ1v) is 11.0. The summed E-state index contributed by atoms with van der Waals surface area (Å²) in [5.41, 5.74) is -0.704. The molecule has 4 rings (SSSR count). The second kappa shape index (κ2) is 8.00. The van der Waals surface area contributed by atoms with Crippen molar-refractivity contribution < 1.29 is 23.8 Å². The van der Waals surface area contributed by atoms with E-state index in [-0.39, 0.29) is 19.4 Å². The van der Waals surface area contributed by atoms with E-state index in [4.69, 9.17) is 14.2 Å². The fourth-order valence-electron chi connectivity index (χ4n) is 3.97. The first-order chi connectivity index (χ1) is 14.3. The van der Waals surface area contributed by atoms with E-state index in [1.165, 1.54) is 11.3 Å². The van der Waals surface area contributed by atoms with Crippen LogP contribution in [0.5, 0.6) is 0 Å². The molecule has 0 saturated carbocycles. The average Bonchev–Trinajstić information content (AvgIpc) is 3.35. The van der Waals surface area contributed by atoms with Crippen LogP contribution in [0.3, 0.4) is 0 Å². The normalized spacial score (nSPS) is 28.2. The van der Waals surface area contributed by atoms with Gasteiger partial charge in [-0.3, -0.25) is 9.59 Å². The van der Waals surface area contributed by atoms with Crippen LogP contribution in [0.4, 0.5) is 10.8 Å². The number of hydrogen-bond acceptors (Lipinski definition) is 8. The van der Waals surface area contributed by atoms with Gasteiger partial charge in [-0.1, -0.05) is 32.0 Å². The first kappa shape index (κ1) is 20.8. The van der Waals surface area contributed by atoms with Crippen molar-refractivity contribution >= 4 is 34.1 Å². The fourth-order valence-corrected chi connectivity index (χ4v) is 4.82. The molecule has 3 atom stereocenters. The second-order valence-electron chi connectivity index (χ2n) is 8.57. The molecule has 0 unspecified atom stereocenters. The van der Waals surface area contributed by atoms with Crippen LogP contribution in [0.2, 0.25) is 0 Å². The van der Waals surface area contributed by atoms with E-state index in [0.29, 0.717) is 23.4 Å². The quantitative estimate of drug-likeness (QED) is 0.524. The van der Waals surface area contributed by atoms with Gasteiger partial charge in [0.2, 0.25) is 0 Å². The summed E-state index contributed by atoms with van der Waals surface area (Å²) in [5.74, 6) is -0.668. The molecule has 1 aromatic heterocycles. The third-order valence-corrected chi connectivity index (χ3v) is 6.17. The summed E-state index contributed by atoms with van der Waals surface area (Å²) in [5, 5.41) is 5.80. The van der Waals surface area contributed by atoms with E-state index < -0.39 is 29.1 Å². The van der Waals surface area contributed by atoms with E-state index >= 15 is 0 Å². The van der Waals surface area contributed by atoms with Gasteiger partial charge in [0.05, 0.1) is 12.3 Å². The molecule has 1 N–H and O–H groups in total. The highest BCUT2D eigenvalue weighted by Gasteiger charge is 2.65. The lowest BCUT2D eigenvalue weighted by Gasteiger charge is -2.20. The number of aromatic nitrogens is 1. The Hall–Kier alpha value is -2.45. The van der Waals surface area contributed by atoms with Crippen LogP contribution in [-0.2, 0) is 29.4 Å². The maximum atomic E-state index is 12.8. The van der Waals surface area contributed by atoms with Crippen molar-refractivity contribution in [2.75, 3.05) is 18.5 Å². The molecule has 8 heteroatoms. The SMILES string of the molecule is CC(C)COC[C@H]1C[C@@]2(C[C@@](C)(c3csc(Nc4ccccc4)n3)OC2=O)C(=O)O1. The molecule has 2 aromatic rings. The Labute approximate surface area is 179 Å². The third-order valence-electron chi connectivity index (χ3n) is 5.41. The molecule has 2 aliphatic heterocycles. The smallest absolute Gasteiger partial charge is 0.324 e. The highest BCUT2D eigenvalue weighted by atomic mass is 32.1. The third kappa shape index (κ3) is 3.94. The lowest BCUT2D eigenvalue weighted by Crippen LogP contribution is -2.32. The number of hydrogen-bond donors (Lipinski definition) is 1. The number of esters is 2. The molecule has 1 spiro atoms. The Morgan fingerprint density at radius 1 is 1.27 bits per heavy atom. The molecule has 0 bridgehead atoms. The summed E-state index contributed by atoms with van der Waals surface area (Å²) >= 11 is 1.43. The van der Waals surface area contributed by atoms with Gasteiger partial charge in [-0.15, -0.1) is 11.3 Å². The second-order valence-corrected chi connectivity index (χ2v) is 9.43. The zero-order valence-corrected chi connectivity index (χ0v) is 18.2. The van der Waals surface area contributed by atoms with Gasteiger partial charge in [0.15, 0.2) is 16.1 Å². The van der Waals surface area contributed by atoms with Crippen LogP contribution in [0.25, 0.3) is 0 Å². The monoisotopic (exact) mass is 430 g/mol. The predicted octanol–water partition coefficient (Wildman–Crippen LogP) is 4.02. The molecule has 2 aliphatic rings. The van der Waals surface area contributed by atoms with Crippen molar-refractivity contribution in [2.45, 2.75) is 45.3 Å². The van der Waals surface area contributed by atoms with Crippen LogP contribution in [0.1, 0.15) is 39.3 Å². The van der Waals surface area contributed by atoms with Gasteiger partial charge in [0.1, 0.15) is 6.10 Å². The van der Waals surface area contributed by atoms with Crippen molar-refractivity contribution in [3.8, 4) is 0 Å². The largest absolute Gasteiger partial charge is 0.459 e. The lowest BCUT2D eigenvalue weighted by atomic mass is 9.78. The topological polar surface area (TPSA) is 86.8 Å². The molecular weight excluding hydrogens is 404 g/mol. The standard InChI is InChI=1S/C22H26N2O5S/c1-14(2)10-27-11-16-9-22(18(25)28-16)13-21(3,29-19(22)26)17-12-30-20(24-17)23-15-7-5-4-6-8-15/h4-8,12,14,16H,9-11,13H2,1-3H3,(H,23,24)/t16-,21+,22-/m1/s1. The summed E-state index contributed by atoms with van der Waals surface area (Å²) < 4.78 is 16.8. The van der Waals surface area contributed by atoms with Gasteiger partial charge in [0, 0.05) is 30.5 Å². The molecule has 160 valence electrons. The van der Waals surface area contributed by atoms with Crippen LogP contribution < -0.4 is 5.32 Å². The molecule has 30 heavy (non-hydrogen) atoms. The van der Waals surface area contributed by atoms with Gasteiger partial charge in [-0.05, 0) is 25.0 Å². The number of carbonyl (C=O) groups is 2. The van der Waals surface area contributed by atoms with Gasteiger partial charge in [-0.25, -0.2) is 4.98 Å². The molecule has 2 fully saturated rings. The molecule has 3 heterocycles. The number of benzene rings is 1. The molecule has 0 radical (unpaired) electrons. The maximum absolute atomic E-state index is 12.8. The maximum Gasteiger partial charge on any atom is 0.324 e. The molecular formula is C22H26N2O5S. The number of anilines is 2. The number of para-hydroxylation sites is 1. The van der Waals surface area contributed by atoms with E-state index in [0.717, 1.165) is 5.69 Å². The lowest BCUT2D eigenvalue weighted by molar-refractivity contribution is -0.160. The minimum Gasteiger partial charge on any atom is -0.459 e. The molecule has 2 saturated heterocycles. The van der Waals surface area contributed by atoms with Gasteiger partial charge in [0.25, 0.3) is 0 Å². The summed E-state index contributed by atoms with van der Waals surface area (Å²) in [7, 11) is 0. The van der Waals surface area contributed by atoms with Crippen molar-refractivity contribution in [2.24, 2.45) is 11.3 Å². The minimum absolute atomic E-state index is 0.215. The zero-order valence-electron chi connectivity index (χ0n) is 17.3. The number of nitrogens with one attached hydrogen (secondary N) is 1. The molecule has 0 aliphatic carbocycles. The first-order valence-electron chi connectivity index (χ1n) is 10.1. The highest BCUT2D eigenvalue weighted by Crippen LogP contribution is 2.52. The van der Waals surface area contributed by atoms with E-state index in [2.05, 4.69) is 24.1 Å². The predicted molar refractivity (Wildman–Crippen MR) is 112 cm³/mol. The highest BCUT2D eigenvalue weighted by molar-refractivity contribution is 7.13. The van der Waals surface area contributed by atoms with Crippen LogP contribution >= 0.6 is 11.3 Å². The Morgan fingerprint density at radius 2 is 2.03 bits per heavy atom. The Bertz CT molecular complexity index is 931. The van der Waals surface area contributed by atoms with Gasteiger partial charge < -0.3 is 19.5 Å². The summed E-state index contributed by atoms with van der Waals surface area (Å²) in [6.45, 7) is 6.78. The number of thiazole rings is 1.